The molecule has 0 spiro atoms. The molecule has 9 heteroatoms. The van der Waals surface area contributed by atoms with E-state index in [1.165, 1.54) is 19.2 Å². The number of carbonyl (C=O) groups excluding carboxylic acids is 3. The molecule has 0 bridgehead atoms. The van der Waals surface area contributed by atoms with Gasteiger partial charge in [0.1, 0.15) is 5.75 Å². The van der Waals surface area contributed by atoms with E-state index in [0.29, 0.717) is 22.1 Å². The fourth-order valence-corrected chi connectivity index (χ4v) is 3.64. The van der Waals surface area contributed by atoms with Gasteiger partial charge in [-0.15, -0.1) is 0 Å². The number of ether oxygens (including phenoxy) is 2. The van der Waals surface area contributed by atoms with E-state index in [1.54, 1.807) is 48.5 Å². The van der Waals surface area contributed by atoms with E-state index in [9.17, 15) is 14.4 Å². The average Bonchev–Trinajstić information content (AvgIpc) is 3.24. The van der Waals surface area contributed by atoms with E-state index >= 15 is 0 Å². The van der Waals surface area contributed by atoms with Crippen molar-refractivity contribution >= 4 is 40.8 Å². The lowest BCUT2D eigenvalue weighted by Gasteiger charge is -2.26. The molecule has 8 nitrogen and oxygen atoms in total. The number of hydrogen-bond donors (Lipinski definition) is 1. The van der Waals surface area contributed by atoms with Gasteiger partial charge in [0.25, 0.3) is 11.8 Å². The van der Waals surface area contributed by atoms with Crippen molar-refractivity contribution < 1.29 is 23.9 Å². The van der Waals surface area contributed by atoms with E-state index in [1.807, 2.05) is 0 Å². The first-order valence-corrected chi connectivity index (χ1v) is 9.01. The van der Waals surface area contributed by atoms with Crippen molar-refractivity contribution in [3.8, 4) is 5.75 Å². The predicted octanol–water partition coefficient (Wildman–Crippen LogP) is 2.04. The number of nitrogens with one attached hydrogen (secondary N) is 1. The topological polar surface area (TPSA) is 88.2 Å². The molecule has 0 unspecified atom stereocenters. The molecule has 1 atom stereocenters. The van der Waals surface area contributed by atoms with Crippen LogP contribution in [0.5, 0.6) is 5.75 Å². The molecule has 2 aromatic rings. The summed E-state index contributed by atoms with van der Waals surface area (Å²) < 4.78 is 10.1. The second-order valence-electron chi connectivity index (χ2n) is 6.30. The van der Waals surface area contributed by atoms with Gasteiger partial charge in [-0.3, -0.25) is 20.0 Å². The lowest BCUT2D eigenvalue weighted by atomic mass is 10.1. The third-order valence-electron chi connectivity index (χ3n) is 4.72. The molecule has 1 fully saturated rings. The van der Waals surface area contributed by atoms with Gasteiger partial charge >= 0.3 is 5.97 Å². The molecule has 0 aliphatic carbocycles. The first-order valence-electron chi connectivity index (χ1n) is 8.63. The van der Waals surface area contributed by atoms with Crippen molar-refractivity contribution in [3.05, 3.63) is 64.8 Å². The van der Waals surface area contributed by atoms with Crippen LogP contribution in [0.4, 0.5) is 11.4 Å². The van der Waals surface area contributed by atoms with Gasteiger partial charge < -0.3 is 9.47 Å². The summed E-state index contributed by atoms with van der Waals surface area (Å²) in [6, 6.07) is 12.3. The number of imide groups is 1. The number of amides is 2. The van der Waals surface area contributed by atoms with E-state index < -0.39 is 23.8 Å². The SMILES string of the molecule is COC(=O)C1=C2C(=O)N(c3ccccc3OC)C(=O)[C@@H]2N(c2cccc(Cl)c2)N1. The van der Waals surface area contributed by atoms with Crippen LogP contribution >= 0.6 is 11.6 Å². The van der Waals surface area contributed by atoms with Gasteiger partial charge in [-0.25, -0.2) is 9.69 Å². The Morgan fingerprint density at radius 1 is 1.10 bits per heavy atom. The molecular weight excluding hydrogens is 398 g/mol. The molecule has 2 heterocycles. The van der Waals surface area contributed by atoms with E-state index in [-0.39, 0.29) is 11.3 Å². The second kappa shape index (κ2) is 7.14. The molecule has 1 saturated heterocycles. The Labute approximate surface area is 171 Å². The highest BCUT2D eigenvalue weighted by Crippen LogP contribution is 2.39. The van der Waals surface area contributed by atoms with Crippen molar-refractivity contribution in [2.75, 3.05) is 24.1 Å². The lowest BCUT2D eigenvalue weighted by molar-refractivity contribution is -0.136. The Morgan fingerprint density at radius 2 is 1.86 bits per heavy atom. The molecule has 29 heavy (non-hydrogen) atoms. The zero-order chi connectivity index (χ0) is 20.7. The highest BCUT2D eigenvalue weighted by Gasteiger charge is 2.54. The largest absolute Gasteiger partial charge is 0.495 e. The van der Waals surface area contributed by atoms with Crippen LogP contribution in [0.2, 0.25) is 5.02 Å². The summed E-state index contributed by atoms with van der Waals surface area (Å²) >= 11 is 6.08. The fourth-order valence-electron chi connectivity index (χ4n) is 3.45. The third kappa shape index (κ3) is 2.89. The molecular formula is C20H16ClN3O5. The Hall–Kier alpha value is -3.52. The molecule has 1 N–H and O–H groups in total. The van der Waals surface area contributed by atoms with Crippen molar-refractivity contribution in [2.24, 2.45) is 0 Å². The maximum absolute atomic E-state index is 13.3. The minimum Gasteiger partial charge on any atom is -0.495 e. The first-order chi connectivity index (χ1) is 14.0. The second-order valence-corrected chi connectivity index (χ2v) is 6.73. The molecule has 148 valence electrons. The number of fused-ring (bicyclic) bond motifs is 1. The highest BCUT2D eigenvalue weighted by molar-refractivity contribution is 6.34. The highest BCUT2D eigenvalue weighted by atomic mass is 35.5. The molecule has 2 aliphatic heterocycles. The van der Waals surface area contributed by atoms with Crippen molar-refractivity contribution in [1.82, 2.24) is 5.43 Å². The van der Waals surface area contributed by atoms with Gasteiger partial charge in [-0.05, 0) is 30.3 Å². The van der Waals surface area contributed by atoms with Gasteiger partial charge in [0.05, 0.1) is 31.2 Å². The summed E-state index contributed by atoms with van der Waals surface area (Å²) in [7, 11) is 2.65. The molecule has 0 radical (unpaired) electrons. The van der Waals surface area contributed by atoms with Gasteiger partial charge in [0.15, 0.2) is 11.7 Å². The molecule has 0 saturated carbocycles. The van der Waals surface area contributed by atoms with Gasteiger partial charge in [0.2, 0.25) is 0 Å². The number of halogens is 1. The van der Waals surface area contributed by atoms with Crippen LogP contribution in [-0.2, 0) is 19.1 Å². The van der Waals surface area contributed by atoms with E-state index in [4.69, 9.17) is 21.1 Å². The van der Waals surface area contributed by atoms with E-state index in [0.717, 1.165) is 4.90 Å². The predicted molar refractivity (Wildman–Crippen MR) is 105 cm³/mol. The van der Waals surface area contributed by atoms with Crippen LogP contribution in [0.25, 0.3) is 0 Å². The van der Waals surface area contributed by atoms with Crippen LogP contribution in [-0.4, -0.2) is 38.0 Å². The zero-order valence-electron chi connectivity index (χ0n) is 15.5. The third-order valence-corrected chi connectivity index (χ3v) is 4.96. The number of para-hydroxylation sites is 2. The zero-order valence-corrected chi connectivity index (χ0v) is 16.3. The number of nitrogens with zero attached hydrogens (tertiary/aromatic N) is 2. The van der Waals surface area contributed by atoms with Crippen molar-refractivity contribution in [1.29, 1.82) is 0 Å². The van der Waals surface area contributed by atoms with Crippen LogP contribution in [0.15, 0.2) is 59.8 Å². The van der Waals surface area contributed by atoms with Crippen LogP contribution in [0, 0.1) is 0 Å². The number of hydrazine groups is 1. The van der Waals surface area contributed by atoms with Crippen molar-refractivity contribution in [3.63, 3.8) is 0 Å². The number of esters is 1. The minimum atomic E-state index is -1.06. The summed E-state index contributed by atoms with van der Waals surface area (Å²) in [5.41, 5.74) is 3.56. The standard InChI is InChI=1S/C20H16ClN3O5/c1-28-14-9-4-3-8-13(14)23-18(25)15-16(20(27)29-2)22-24(17(15)19(23)26)12-7-5-6-11(21)10-12/h3-10,17,22H,1-2H3/t17-/m1/s1. The van der Waals surface area contributed by atoms with Crippen LogP contribution < -0.4 is 20.1 Å². The summed E-state index contributed by atoms with van der Waals surface area (Å²) in [5, 5.41) is 1.87. The first kappa shape index (κ1) is 18.8. The fraction of sp³-hybridized carbons (Fsp3) is 0.150. The Bertz CT molecular complexity index is 1070. The maximum atomic E-state index is 13.3. The quantitative estimate of drug-likeness (QED) is 0.606. The van der Waals surface area contributed by atoms with Crippen molar-refractivity contribution in [2.45, 2.75) is 6.04 Å². The molecule has 0 aromatic heterocycles. The Balaban J connectivity index is 1.85. The number of hydrogen-bond acceptors (Lipinski definition) is 7. The molecule has 2 aromatic carbocycles. The Morgan fingerprint density at radius 3 is 2.55 bits per heavy atom. The number of anilines is 2. The summed E-state index contributed by atoms with van der Waals surface area (Å²) in [6.45, 7) is 0. The number of carbonyl (C=O) groups is 3. The minimum absolute atomic E-state index is 0.00716. The normalized spacial score (nSPS) is 18.1. The smallest absolute Gasteiger partial charge is 0.356 e. The Kier molecular flexibility index (Phi) is 4.63. The number of rotatable bonds is 4. The molecule has 2 amide bonds. The van der Waals surface area contributed by atoms with Gasteiger partial charge in [0, 0.05) is 5.02 Å². The van der Waals surface area contributed by atoms with Crippen LogP contribution in [0.3, 0.4) is 0 Å². The van der Waals surface area contributed by atoms with Gasteiger partial charge in [-0.1, -0.05) is 29.8 Å². The maximum Gasteiger partial charge on any atom is 0.356 e. The number of benzene rings is 2. The average molecular weight is 414 g/mol. The molecule has 4 rings (SSSR count). The molecule has 2 aliphatic rings. The number of methoxy groups -OCH3 is 2. The van der Waals surface area contributed by atoms with E-state index in [2.05, 4.69) is 5.43 Å². The summed E-state index contributed by atoms with van der Waals surface area (Å²) in [4.78, 5) is 39.9. The van der Waals surface area contributed by atoms with Crippen LogP contribution in [0.1, 0.15) is 0 Å². The summed E-state index contributed by atoms with van der Waals surface area (Å²) in [5.74, 6) is -1.54. The lowest BCUT2D eigenvalue weighted by Crippen LogP contribution is -2.46. The monoisotopic (exact) mass is 413 g/mol. The summed E-state index contributed by atoms with van der Waals surface area (Å²) in [6.07, 6.45) is 0. The van der Waals surface area contributed by atoms with Gasteiger partial charge in [-0.2, -0.15) is 0 Å².